The topological polar surface area (TPSA) is 86.6 Å². The second-order valence-corrected chi connectivity index (χ2v) is 12.6. The Morgan fingerprint density at radius 2 is 1.89 bits per heavy atom. The fraction of sp³-hybridized carbons (Fsp3) is 0.424. The van der Waals surface area contributed by atoms with E-state index < -0.39 is 23.3 Å². The van der Waals surface area contributed by atoms with Gasteiger partial charge in [0.05, 0.1) is 16.5 Å². The molecule has 226 valence electrons. The van der Waals surface area contributed by atoms with Gasteiger partial charge in [0, 0.05) is 49.1 Å². The molecule has 4 aliphatic heterocycles. The number of rotatable bonds is 5. The predicted molar refractivity (Wildman–Crippen MR) is 160 cm³/mol. The molecule has 2 aromatic heterocycles. The third-order valence-electron chi connectivity index (χ3n) is 9.80. The lowest BCUT2D eigenvalue weighted by Crippen LogP contribution is -2.51. The molecule has 0 aliphatic carbocycles. The van der Waals surface area contributed by atoms with Crippen LogP contribution in [0.5, 0.6) is 11.8 Å². The van der Waals surface area contributed by atoms with Crippen LogP contribution >= 0.6 is 0 Å². The van der Waals surface area contributed by atoms with Crippen molar-refractivity contribution in [3.63, 3.8) is 0 Å². The van der Waals surface area contributed by atoms with E-state index in [1.807, 2.05) is 0 Å². The number of anilines is 1. The number of pyridine rings is 1. The largest absolute Gasteiger partial charge is 0.508 e. The number of benzene rings is 2. The molecule has 0 saturated carbocycles. The van der Waals surface area contributed by atoms with Crippen molar-refractivity contribution in [3.8, 4) is 35.4 Å². The number of alkyl halides is 1. The number of nitrogens with one attached hydrogen (secondary N) is 1. The van der Waals surface area contributed by atoms with Gasteiger partial charge in [0.15, 0.2) is 5.65 Å². The summed E-state index contributed by atoms with van der Waals surface area (Å²) in [7, 11) is 0. The molecule has 4 fully saturated rings. The number of phenols is 1. The molecule has 2 bridgehead atoms. The van der Waals surface area contributed by atoms with E-state index in [1.54, 1.807) is 0 Å². The zero-order chi connectivity index (χ0) is 30.2. The SMILES string of the molecule is C#Cc1c(F)ccc2cc(O)cc(-c3nc4nc(OCC56CCCN5C[C@H](F)C6)nc(N5CC6CCC(C5)N6)c4cc3F)c12. The van der Waals surface area contributed by atoms with Crippen LogP contribution in [-0.2, 0) is 0 Å². The molecule has 0 radical (unpaired) electrons. The highest BCUT2D eigenvalue weighted by molar-refractivity contribution is 6.02. The van der Waals surface area contributed by atoms with Crippen LogP contribution in [-0.4, -0.2) is 81.5 Å². The van der Waals surface area contributed by atoms with Crippen LogP contribution < -0.4 is 15.0 Å². The summed E-state index contributed by atoms with van der Waals surface area (Å²) in [6.45, 7) is 2.85. The van der Waals surface area contributed by atoms with Crippen LogP contribution in [0.25, 0.3) is 33.1 Å². The molecule has 2 aromatic carbocycles. The number of terminal acetylenes is 1. The summed E-state index contributed by atoms with van der Waals surface area (Å²) in [5.74, 6) is 1.43. The zero-order valence-electron chi connectivity index (χ0n) is 24.0. The van der Waals surface area contributed by atoms with Gasteiger partial charge in [-0.05, 0) is 61.9 Å². The van der Waals surface area contributed by atoms with Gasteiger partial charge in [-0.15, -0.1) is 6.42 Å². The van der Waals surface area contributed by atoms with E-state index in [0.717, 1.165) is 32.2 Å². The Hall–Kier alpha value is -4.14. The molecule has 0 amide bonds. The van der Waals surface area contributed by atoms with Gasteiger partial charge in [0.25, 0.3) is 0 Å². The first-order chi connectivity index (χ1) is 21.3. The minimum Gasteiger partial charge on any atom is -0.508 e. The van der Waals surface area contributed by atoms with Crippen LogP contribution in [0.1, 0.15) is 37.7 Å². The lowest BCUT2D eigenvalue weighted by molar-refractivity contribution is 0.107. The van der Waals surface area contributed by atoms with Crippen molar-refractivity contribution in [1.82, 2.24) is 25.2 Å². The second-order valence-electron chi connectivity index (χ2n) is 12.6. The Morgan fingerprint density at radius 1 is 1.07 bits per heavy atom. The summed E-state index contributed by atoms with van der Waals surface area (Å²) in [6.07, 6.45) is 9.08. The molecule has 4 saturated heterocycles. The van der Waals surface area contributed by atoms with E-state index in [2.05, 4.69) is 31.0 Å². The van der Waals surface area contributed by atoms with Crippen LogP contribution in [0.2, 0.25) is 0 Å². The normalized spacial score (nSPS) is 26.4. The first kappa shape index (κ1) is 27.4. The maximum atomic E-state index is 16.1. The van der Waals surface area contributed by atoms with Gasteiger partial charge in [0.2, 0.25) is 0 Å². The van der Waals surface area contributed by atoms with Crippen molar-refractivity contribution in [3.05, 3.63) is 47.5 Å². The average Bonchev–Trinajstić information content (AvgIpc) is 3.65. The number of aromatic nitrogens is 3. The standard InChI is InChI=1S/C33H31F3N6O2/c1-2-23-26(35)7-4-18-10-22(43)11-24(28(18)23)29-27(36)12-25-30(38-29)39-32(40-31(25)41-15-20-5-6-21(16-41)37-20)44-17-33-8-3-9-42(33)14-19(34)13-33/h1,4,7,10-12,19-21,37,43H,3,5-6,8-9,13-17H2/t19-,20?,21?,33?/m1/s1. The first-order valence-corrected chi connectivity index (χ1v) is 15.1. The Morgan fingerprint density at radius 3 is 2.68 bits per heavy atom. The van der Waals surface area contributed by atoms with E-state index >= 15 is 4.39 Å². The highest BCUT2D eigenvalue weighted by Crippen LogP contribution is 2.41. The number of fused-ring (bicyclic) bond motifs is 5. The van der Waals surface area contributed by atoms with Crippen molar-refractivity contribution in [2.45, 2.75) is 55.9 Å². The molecular weight excluding hydrogens is 569 g/mol. The van der Waals surface area contributed by atoms with Gasteiger partial charge in [-0.25, -0.2) is 18.2 Å². The number of aromatic hydroxyl groups is 1. The van der Waals surface area contributed by atoms with Crippen molar-refractivity contribution < 1.29 is 23.0 Å². The molecule has 0 spiro atoms. The van der Waals surface area contributed by atoms with Crippen LogP contribution in [0.15, 0.2) is 30.3 Å². The van der Waals surface area contributed by atoms with Gasteiger partial charge in [-0.3, -0.25) is 4.90 Å². The third kappa shape index (κ3) is 4.42. The lowest BCUT2D eigenvalue weighted by atomic mass is 9.95. The van der Waals surface area contributed by atoms with E-state index in [0.29, 0.717) is 54.7 Å². The molecule has 6 heterocycles. The van der Waals surface area contributed by atoms with Gasteiger partial charge >= 0.3 is 6.01 Å². The number of nitrogens with zero attached hydrogens (tertiary/aromatic N) is 5. The van der Waals surface area contributed by atoms with Crippen LogP contribution in [0.3, 0.4) is 0 Å². The minimum atomic E-state index is -0.898. The molecule has 4 aliphatic rings. The monoisotopic (exact) mass is 600 g/mol. The quantitative estimate of drug-likeness (QED) is 0.319. The van der Waals surface area contributed by atoms with Crippen molar-refractivity contribution in [2.75, 3.05) is 37.7 Å². The maximum absolute atomic E-state index is 16.1. The Labute approximate surface area is 252 Å². The smallest absolute Gasteiger partial charge is 0.320 e. The van der Waals surface area contributed by atoms with Gasteiger partial charge in [-0.1, -0.05) is 12.0 Å². The van der Waals surface area contributed by atoms with Crippen molar-refractivity contribution in [2.24, 2.45) is 0 Å². The maximum Gasteiger partial charge on any atom is 0.320 e. The van der Waals surface area contributed by atoms with Crippen molar-refractivity contribution in [1.29, 1.82) is 0 Å². The highest BCUT2D eigenvalue weighted by atomic mass is 19.1. The van der Waals surface area contributed by atoms with E-state index in [1.165, 1.54) is 30.3 Å². The van der Waals surface area contributed by atoms with Crippen LogP contribution in [0, 0.1) is 24.0 Å². The fourth-order valence-electron chi connectivity index (χ4n) is 7.86. The third-order valence-corrected chi connectivity index (χ3v) is 9.80. The molecule has 8 rings (SSSR count). The molecule has 2 N–H and O–H groups in total. The summed E-state index contributed by atoms with van der Waals surface area (Å²) in [6, 6.07) is 7.48. The lowest BCUT2D eigenvalue weighted by Gasteiger charge is -2.34. The molecule has 4 aromatic rings. The van der Waals surface area contributed by atoms with Gasteiger partial charge in [0.1, 0.15) is 41.7 Å². The molecule has 3 unspecified atom stereocenters. The number of piperazine rings is 1. The second kappa shape index (κ2) is 10.2. The minimum absolute atomic E-state index is 0.0504. The summed E-state index contributed by atoms with van der Waals surface area (Å²) >= 11 is 0. The van der Waals surface area contributed by atoms with Crippen molar-refractivity contribution >= 4 is 27.6 Å². The summed E-state index contributed by atoms with van der Waals surface area (Å²) < 4.78 is 51.6. The number of halogens is 3. The van der Waals surface area contributed by atoms with E-state index in [4.69, 9.17) is 16.1 Å². The number of ether oxygens (including phenoxy) is 1. The molecule has 4 atom stereocenters. The summed E-state index contributed by atoms with van der Waals surface area (Å²) in [5.41, 5.74) is -0.240. The van der Waals surface area contributed by atoms with Gasteiger partial charge < -0.3 is 20.1 Å². The summed E-state index contributed by atoms with van der Waals surface area (Å²) in [4.78, 5) is 18.3. The van der Waals surface area contributed by atoms with Gasteiger partial charge in [-0.2, -0.15) is 9.97 Å². The fourth-order valence-corrected chi connectivity index (χ4v) is 7.86. The highest BCUT2D eigenvalue weighted by Gasteiger charge is 2.49. The summed E-state index contributed by atoms with van der Waals surface area (Å²) in [5, 5.41) is 15.2. The van der Waals surface area contributed by atoms with Crippen LogP contribution in [0.4, 0.5) is 19.0 Å². The number of hydrogen-bond acceptors (Lipinski definition) is 8. The number of hydrogen-bond donors (Lipinski definition) is 2. The zero-order valence-corrected chi connectivity index (χ0v) is 24.0. The average molecular weight is 601 g/mol. The Kier molecular flexibility index (Phi) is 6.36. The first-order valence-electron chi connectivity index (χ1n) is 15.1. The molecule has 11 heteroatoms. The predicted octanol–water partition coefficient (Wildman–Crippen LogP) is 4.71. The molecule has 44 heavy (non-hydrogen) atoms. The Balaban J connectivity index is 1.27. The number of phenolic OH excluding ortho intramolecular Hbond substituents is 1. The molecular formula is C33H31F3N6O2. The van der Waals surface area contributed by atoms with E-state index in [-0.39, 0.29) is 46.2 Å². The Bertz CT molecular complexity index is 1850. The molecule has 8 nitrogen and oxygen atoms in total. The van der Waals surface area contributed by atoms with E-state index in [9.17, 15) is 13.9 Å².